The number of hydrogen-bond donors (Lipinski definition) is 2. The molecule has 1 rings (SSSR count). The average Bonchev–Trinajstić information content (AvgIpc) is 2.28. The lowest BCUT2D eigenvalue weighted by molar-refractivity contribution is 0.0636. The minimum absolute atomic E-state index is 0.424. The number of anilines is 1. The molecule has 0 unspecified atom stereocenters. The monoisotopic (exact) mass is 278 g/mol. The van der Waals surface area contributed by atoms with Crippen LogP contribution in [0.15, 0.2) is 24.3 Å². The van der Waals surface area contributed by atoms with Crippen molar-refractivity contribution in [2.45, 2.75) is 52.7 Å². The van der Waals surface area contributed by atoms with E-state index in [0.717, 1.165) is 18.7 Å². The number of ether oxygens (including phenoxy) is 1. The van der Waals surface area contributed by atoms with Crippen molar-refractivity contribution in [2.75, 3.05) is 11.9 Å². The Morgan fingerprint density at radius 1 is 1.20 bits per heavy atom. The molecule has 0 aromatic heterocycles. The molecule has 0 bridgehead atoms. The Morgan fingerprint density at radius 2 is 1.80 bits per heavy atom. The SMILES string of the molecule is CC(C)NCCc1ccc(NC(=O)OC(C)(C)C)cc1. The van der Waals surface area contributed by atoms with Gasteiger partial charge in [0.15, 0.2) is 0 Å². The summed E-state index contributed by atoms with van der Waals surface area (Å²) in [6.07, 6.45) is 0.553. The Morgan fingerprint density at radius 3 is 2.30 bits per heavy atom. The smallest absolute Gasteiger partial charge is 0.412 e. The van der Waals surface area contributed by atoms with Crippen molar-refractivity contribution in [2.24, 2.45) is 0 Å². The molecular formula is C16H26N2O2. The zero-order chi connectivity index (χ0) is 15.2. The molecule has 0 aliphatic carbocycles. The molecule has 1 amide bonds. The molecular weight excluding hydrogens is 252 g/mol. The molecule has 1 aromatic carbocycles. The fraction of sp³-hybridized carbons (Fsp3) is 0.562. The van der Waals surface area contributed by atoms with E-state index in [4.69, 9.17) is 4.74 Å². The third-order valence-electron chi connectivity index (χ3n) is 2.57. The van der Waals surface area contributed by atoms with Gasteiger partial charge in [-0.2, -0.15) is 0 Å². The second kappa shape index (κ2) is 7.29. The molecule has 2 N–H and O–H groups in total. The Labute approximate surface area is 121 Å². The maximum absolute atomic E-state index is 11.6. The molecule has 0 atom stereocenters. The van der Waals surface area contributed by atoms with E-state index in [0.29, 0.717) is 6.04 Å². The summed E-state index contributed by atoms with van der Waals surface area (Å²) in [7, 11) is 0. The van der Waals surface area contributed by atoms with Crippen LogP contribution in [-0.2, 0) is 11.2 Å². The number of benzene rings is 1. The van der Waals surface area contributed by atoms with Crippen LogP contribution in [0, 0.1) is 0 Å². The van der Waals surface area contributed by atoms with Crippen LogP contribution in [0.3, 0.4) is 0 Å². The van der Waals surface area contributed by atoms with Gasteiger partial charge in [-0.3, -0.25) is 5.32 Å². The standard InChI is InChI=1S/C16H26N2O2/c1-12(2)17-11-10-13-6-8-14(9-7-13)18-15(19)20-16(3,4)5/h6-9,12,17H,10-11H2,1-5H3,(H,18,19). The van der Waals surface area contributed by atoms with Crippen LogP contribution in [0.4, 0.5) is 10.5 Å². The average molecular weight is 278 g/mol. The Balaban J connectivity index is 2.44. The Hall–Kier alpha value is -1.55. The quantitative estimate of drug-likeness (QED) is 0.865. The van der Waals surface area contributed by atoms with Gasteiger partial charge in [-0.05, 0) is 51.4 Å². The van der Waals surface area contributed by atoms with Crippen molar-refractivity contribution in [1.82, 2.24) is 5.32 Å². The first-order valence-electron chi connectivity index (χ1n) is 7.08. The first-order valence-corrected chi connectivity index (χ1v) is 7.08. The molecule has 0 saturated carbocycles. The third kappa shape index (κ3) is 7.14. The minimum Gasteiger partial charge on any atom is -0.444 e. The van der Waals surface area contributed by atoms with Crippen LogP contribution in [-0.4, -0.2) is 24.3 Å². The predicted octanol–water partition coefficient (Wildman–Crippen LogP) is 3.57. The fourth-order valence-electron chi connectivity index (χ4n) is 1.68. The minimum atomic E-state index is -0.480. The number of carbonyl (C=O) groups is 1. The van der Waals surface area contributed by atoms with Gasteiger partial charge < -0.3 is 10.1 Å². The Bertz CT molecular complexity index is 419. The second-order valence-electron chi connectivity index (χ2n) is 6.18. The van der Waals surface area contributed by atoms with E-state index >= 15 is 0 Å². The molecule has 4 heteroatoms. The lowest BCUT2D eigenvalue weighted by atomic mass is 10.1. The highest BCUT2D eigenvalue weighted by molar-refractivity contribution is 5.84. The molecule has 0 aliphatic rings. The number of amides is 1. The third-order valence-corrected chi connectivity index (χ3v) is 2.57. The van der Waals surface area contributed by atoms with E-state index < -0.39 is 11.7 Å². The van der Waals surface area contributed by atoms with Crippen molar-refractivity contribution in [3.8, 4) is 0 Å². The zero-order valence-electron chi connectivity index (χ0n) is 13.1. The first-order chi connectivity index (χ1) is 9.26. The summed E-state index contributed by atoms with van der Waals surface area (Å²) in [5.41, 5.74) is 1.51. The van der Waals surface area contributed by atoms with Gasteiger partial charge >= 0.3 is 6.09 Å². The molecule has 0 saturated heterocycles. The van der Waals surface area contributed by atoms with Gasteiger partial charge in [0, 0.05) is 11.7 Å². The van der Waals surface area contributed by atoms with E-state index in [1.54, 1.807) is 0 Å². The molecule has 0 radical (unpaired) electrons. The first kappa shape index (κ1) is 16.5. The molecule has 0 heterocycles. The maximum atomic E-state index is 11.6. The van der Waals surface area contributed by atoms with Crippen molar-refractivity contribution in [1.29, 1.82) is 0 Å². The van der Waals surface area contributed by atoms with E-state index in [1.165, 1.54) is 5.56 Å². The van der Waals surface area contributed by atoms with Crippen molar-refractivity contribution < 1.29 is 9.53 Å². The van der Waals surface area contributed by atoms with Gasteiger partial charge in [0.25, 0.3) is 0 Å². The van der Waals surface area contributed by atoms with Crippen LogP contribution in [0.1, 0.15) is 40.2 Å². The van der Waals surface area contributed by atoms with Crippen LogP contribution in [0.2, 0.25) is 0 Å². The van der Waals surface area contributed by atoms with Crippen LogP contribution < -0.4 is 10.6 Å². The summed E-state index contributed by atoms with van der Waals surface area (Å²) < 4.78 is 5.20. The fourth-order valence-corrected chi connectivity index (χ4v) is 1.68. The van der Waals surface area contributed by atoms with Crippen LogP contribution >= 0.6 is 0 Å². The number of hydrogen-bond acceptors (Lipinski definition) is 3. The van der Waals surface area contributed by atoms with Crippen molar-refractivity contribution in [3.05, 3.63) is 29.8 Å². The van der Waals surface area contributed by atoms with Gasteiger partial charge in [-0.15, -0.1) is 0 Å². The molecule has 0 fully saturated rings. The largest absolute Gasteiger partial charge is 0.444 e. The number of carbonyl (C=O) groups excluding carboxylic acids is 1. The number of rotatable bonds is 5. The van der Waals surface area contributed by atoms with E-state index in [9.17, 15) is 4.79 Å². The van der Waals surface area contributed by atoms with Crippen molar-refractivity contribution in [3.63, 3.8) is 0 Å². The van der Waals surface area contributed by atoms with Gasteiger partial charge in [-0.1, -0.05) is 26.0 Å². The molecule has 20 heavy (non-hydrogen) atoms. The highest BCUT2D eigenvalue weighted by Gasteiger charge is 2.15. The summed E-state index contributed by atoms with van der Waals surface area (Å²) in [6.45, 7) is 10.8. The van der Waals surface area contributed by atoms with Gasteiger partial charge in [0.05, 0.1) is 0 Å². The summed E-state index contributed by atoms with van der Waals surface area (Å²) in [4.78, 5) is 11.6. The van der Waals surface area contributed by atoms with Crippen molar-refractivity contribution >= 4 is 11.8 Å². The maximum Gasteiger partial charge on any atom is 0.412 e. The van der Waals surface area contributed by atoms with Crippen LogP contribution in [0.5, 0.6) is 0 Å². The molecule has 0 aliphatic heterocycles. The lowest BCUT2D eigenvalue weighted by Gasteiger charge is -2.19. The summed E-state index contributed by atoms with van der Waals surface area (Å²) in [5.74, 6) is 0. The second-order valence-corrected chi connectivity index (χ2v) is 6.18. The highest BCUT2D eigenvalue weighted by atomic mass is 16.6. The van der Waals surface area contributed by atoms with Gasteiger partial charge in [0.2, 0.25) is 0 Å². The molecule has 1 aromatic rings. The number of nitrogens with one attached hydrogen (secondary N) is 2. The molecule has 0 spiro atoms. The topological polar surface area (TPSA) is 50.4 Å². The van der Waals surface area contributed by atoms with Gasteiger partial charge in [0.1, 0.15) is 5.60 Å². The molecule has 4 nitrogen and oxygen atoms in total. The summed E-state index contributed by atoms with van der Waals surface area (Å²) in [6, 6.07) is 8.34. The normalized spacial score (nSPS) is 11.5. The Kier molecular flexibility index (Phi) is 6.02. The highest BCUT2D eigenvalue weighted by Crippen LogP contribution is 2.13. The summed E-state index contributed by atoms with van der Waals surface area (Å²) in [5, 5.41) is 6.10. The zero-order valence-corrected chi connectivity index (χ0v) is 13.1. The van der Waals surface area contributed by atoms with Crippen LogP contribution in [0.25, 0.3) is 0 Å². The summed E-state index contributed by atoms with van der Waals surface area (Å²) >= 11 is 0. The van der Waals surface area contributed by atoms with Gasteiger partial charge in [-0.25, -0.2) is 4.79 Å². The molecule has 112 valence electrons. The van der Waals surface area contributed by atoms with E-state index in [2.05, 4.69) is 24.5 Å². The predicted molar refractivity (Wildman–Crippen MR) is 83.1 cm³/mol. The van der Waals surface area contributed by atoms with E-state index in [1.807, 2.05) is 45.0 Å². The van der Waals surface area contributed by atoms with E-state index in [-0.39, 0.29) is 0 Å². The lowest BCUT2D eigenvalue weighted by Crippen LogP contribution is -2.27.